The SMILES string of the molecule is C[n+]1c(N)nn2c(-c3ccccc3)cc(-c3ccccc3)nc21.Cc1ccc(S(=O)(=O)[O-])cc1. The predicted molar refractivity (Wildman–Crippen MR) is 129 cm³/mol. The number of fused-ring (bicyclic) bond motifs is 1. The Morgan fingerprint density at radius 2 is 1.44 bits per heavy atom. The van der Waals surface area contributed by atoms with E-state index in [2.05, 4.69) is 17.2 Å². The zero-order valence-corrected chi connectivity index (χ0v) is 19.5. The molecule has 0 amide bonds. The second-order valence-corrected chi connectivity index (χ2v) is 9.03. The molecule has 3 aromatic carbocycles. The van der Waals surface area contributed by atoms with Crippen LogP contribution < -0.4 is 10.3 Å². The molecular formula is C25H23N5O3S. The zero-order chi connectivity index (χ0) is 24.3. The zero-order valence-electron chi connectivity index (χ0n) is 18.7. The predicted octanol–water partition coefficient (Wildman–Crippen LogP) is 3.37. The number of aromatic nitrogens is 4. The number of nitrogen functional groups attached to an aromatic ring is 1. The van der Waals surface area contributed by atoms with Crippen LogP contribution in [0.15, 0.2) is 95.9 Å². The van der Waals surface area contributed by atoms with E-state index >= 15 is 0 Å². The third-order valence-corrected chi connectivity index (χ3v) is 6.06. The molecule has 0 radical (unpaired) electrons. The highest BCUT2D eigenvalue weighted by Gasteiger charge is 2.20. The van der Waals surface area contributed by atoms with Gasteiger partial charge in [-0.05, 0) is 19.1 Å². The molecule has 0 aliphatic heterocycles. The van der Waals surface area contributed by atoms with Crippen LogP contribution in [0.3, 0.4) is 0 Å². The lowest BCUT2D eigenvalue weighted by atomic mass is 10.1. The first kappa shape index (κ1) is 23.1. The summed E-state index contributed by atoms with van der Waals surface area (Å²) < 4.78 is 34.7. The minimum Gasteiger partial charge on any atom is -0.744 e. The van der Waals surface area contributed by atoms with Gasteiger partial charge in [-0.15, -0.1) is 4.98 Å². The second-order valence-electron chi connectivity index (χ2n) is 7.65. The van der Waals surface area contributed by atoms with Gasteiger partial charge in [0.2, 0.25) is 0 Å². The number of rotatable bonds is 3. The molecule has 5 aromatic rings. The molecule has 172 valence electrons. The van der Waals surface area contributed by atoms with E-state index in [1.54, 1.807) is 21.2 Å². The van der Waals surface area contributed by atoms with Crippen molar-refractivity contribution in [3.05, 3.63) is 96.6 Å². The van der Waals surface area contributed by atoms with E-state index in [-0.39, 0.29) is 4.90 Å². The Morgan fingerprint density at radius 1 is 0.882 bits per heavy atom. The third-order valence-electron chi connectivity index (χ3n) is 5.21. The van der Waals surface area contributed by atoms with Crippen LogP contribution in [0.4, 0.5) is 5.95 Å². The minimum atomic E-state index is -4.27. The Morgan fingerprint density at radius 3 is 2.00 bits per heavy atom. The van der Waals surface area contributed by atoms with Crippen molar-refractivity contribution in [1.82, 2.24) is 14.6 Å². The molecule has 2 heterocycles. The van der Waals surface area contributed by atoms with Gasteiger partial charge in [0.25, 0.3) is 0 Å². The molecule has 2 N–H and O–H groups in total. The smallest absolute Gasteiger partial charge is 0.359 e. The molecule has 0 saturated carbocycles. The van der Waals surface area contributed by atoms with Crippen LogP contribution >= 0.6 is 0 Å². The van der Waals surface area contributed by atoms with Gasteiger partial charge in [-0.2, -0.15) is 0 Å². The highest BCUT2D eigenvalue weighted by atomic mass is 32.2. The van der Waals surface area contributed by atoms with Crippen molar-refractivity contribution in [2.24, 2.45) is 7.05 Å². The summed E-state index contributed by atoms with van der Waals surface area (Å²) in [5.41, 5.74) is 10.9. The molecule has 34 heavy (non-hydrogen) atoms. The molecule has 0 atom stereocenters. The van der Waals surface area contributed by atoms with Gasteiger partial charge in [0.1, 0.15) is 21.5 Å². The van der Waals surface area contributed by atoms with E-state index in [1.165, 1.54) is 12.1 Å². The van der Waals surface area contributed by atoms with Gasteiger partial charge in [0.05, 0.1) is 4.90 Å². The molecule has 9 heteroatoms. The summed E-state index contributed by atoms with van der Waals surface area (Å²) in [7, 11) is -2.40. The molecular weight excluding hydrogens is 450 g/mol. The van der Waals surface area contributed by atoms with Crippen molar-refractivity contribution in [3.63, 3.8) is 0 Å². The molecule has 0 bridgehead atoms. The van der Waals surface area contributed by atoms with Crippen LogP contribution in [0.5, 0.6) is 0 Å². The fraction of sp³-hybridized carbons (Fsp3) is 0.0800. The van der Waals surface area contributed by atoms with Crippen LogP contribution in [0, 0.1) is 6.92 Å². The van der Waals surface area contributed by atoms with Gasteiger partial charge in [0, 0.05) is 29.3 Å². The van der Waals surface area contributed by atoms with Crippen molar-refractivity contribution in [3.8, 4) is 22.5 Å². The number of aryl methyl sites for hydroxylation is 2. The maximum Gasteiger partial charge on any atom is 0.359 e. The molecule has 0 aliphatic carbocycles. The number of hydrogen-bond donors (Lipinski definition) is 1. The van der Waals surface area contributed by atoms with E-state index in [0.29, 0.717) is 11.7 Å². The van der Waals surface area contributed by atoms with Gasteiger partial charge in [-0.25, -0.2) is 13.0 Å². The van der Waals surface area contributed by atoms with E-state index in [4.69, 9.17) is 10.7 Å². The Bertz CT molecular complexity index is 1530. The second kappa shape index (κ2) is 9.42. The lowest BCUT2D eigenvalue weighted by Crippen LogP contribution is -2.31. The number of nitrogens with zero attached hydrogens (tertiary/aromatic N) is 4. The first-order chi connectivity index (χ1) is 16.2. The maximum absolute atomic E-state index is 10.4. The quantitative estimate of drug-likeness (QED) is 0.317. The standard InChI is InChI=1S/C18H16N5.C7H8O3S/c1-22-17(19)21-23-16(14-10-6-3-7-11-14)12-15(20-18(22)23)13-8-4-2-5-9-13;1-6-2-4-7(5-3-6)11(8,9)10/h2-12H,1H3,(H2,19,21);2-5H,1H3,(H,8,9,10)/q+1;/p-1. The first-order valence-corrected chi connectivity index (χ1v) is 11.8. The molecule has 0 fully saturated rings. The molecule has 0 aliphatic rings. The van der Waals surface area contributed by atoms with E-state index in [1.807, 2.05) is 68.6 Å². The van der Waals surface area contributed by atoms with E-state index < -0.39 is 10.1 Å². The number of benzene rings is 3. The van der Waals surface area contributed by atoms with E-state index in [9.17, 15) is 13.0 Å². The van der Waals surface area contributed by atoms with Crippen LogP contribution in [0.25, 0.3) is 28.3 Å². The van der Waals surface area contributed by atoms with Gasteiger partial charge >= 0.3 is 11.7 Å². The van der Waals surface area contributed by atoms with Crippen molar-refractivity contribution in [2.75, 3.05) is 5.73 Å². The van der Waals surface area contributed by atoms with E-state index in [0.717, 1.165) is 28.1 Å². The summed E-state index contributed by atoms with van der Waals surface area (Å²) in [5.74, 6) is 1.14. The highest BCUT2D eigenvalue weighted by molar-refractivity contribution is 7.85. The summed E-state index contributed by atoms with van der Waals surface area (Å²) in [6, 6.07) is 28.1. The molecule has 2 aromatic heterocycles. The van der Waals surface area contributed by atoms with Crippen molar-refractivity contribution < 1.29 is 17.5 Å². The Hall–Kier alpha value is -4.08. The summed E-state index contributed by atoms with van der Waals surface area (Å²) in [6.07, 6.45) is 0. The monoisotopic (exact) mass is 473 g/mol. The highest BCUT2D eigenvalue weighted by Crippen LogP contribution is 2.25. The summed E-state index contributed by atoms with van der Waals surface area (Å²) in [6.45, 7) is 1.82. The Kier molecular flexibility index (Phi) is 6.40. The normalized spacial score (nSPS) is 11.1. The largest absolute Gasteiger partial charge is 0.744 e. The first-order valence-electron chi connectivity index (χ1n) is 10.4. The molecule has 0 spiro atoms. The third kappa shape index (κ3) is 4.95. The number of anilines is 1. The molecule has 0 unspecified atom stereocenters. The van der Waals surface area contributed by atoms with Crippen LogP contribution in [-0.4, -0.2) is 27.6 Å². The topological polar surface area (TPSA) is 117 Å². The van der Waals surface area contributed by atoms with Gasteiger partial charge < -0.3 is 10.3 Å². The Balaban J connectivity index is 0.000000210. The summed E-state index contributed by atoms with van der Waals surface area (Å²) in [5, 5.41) is 4.42. The maximum atomic E-state index is 10.4. The molecule has 8 nitrogen and oxygen atoms in total. The van der Waals surface area contributed by atoms with Crippen LogP contribution in [-0.2, 0) is 17.2 Å². The van der Waals surface area contributed by atoms with Crippen molar-refractivity contribution in [1.29, 1.82) is 0 Å². The van der Waals surface area contributed by atoms with Crippen molar-refractivity contribution >= 4 is 21.8 Å². The van der Waals surface area contributed by atoms with Crippen molar-refractivity contribution in [2.45, 2.75) is 11.8 Å². The Labute approximate surface area is 197 Å². The lowest BCUT2D eigenvalue weighted by Gasteiger charge is -2.05. The average molecular weight is 474 g/mol. The molecule has 0 saturated heterocycles. The fourth-order valence-electron chi connectivity index (χ4n) is 3.35. The number of nitrogens with two attached hydrogens (primary N) is 1. The number of hydrogen-bond acceptors (Lipinski definition) is 6. The van der Waals surface area contributed by atoms with Gasteiger partial charge in [-0.3, -0.25) is 0 Å². The molecule has 5 rings (SSSR count). The summed E-state index contributed by atoms with van der Waals surface area (Å²) >= 11 is 0. The van der Waals surface area contributed by atoms with Crippen LogP contribution in [0.1, 0.15) is 5.56 Å². The van der Waals surface area contributed by atoms with Gasteiger partial charge in [0.15, 0.2) is 0 Å². The van der Waals surface area contributed by atoms with Crippen LogP contribution in [0.2, 0.25) is 0 Å². The summed E-state index contributed by atoms with van der Waals surface area (Å²) in [4.78, 5) is 4.56. The lowest BCUT2D eigenvalue weighted by molar-refractivity contribution is -0.633. The minimum absolute atomic E-state index is 0.178. The van der Waals surface area contributed by atoms with Gasteiger partial charge in [-0.1, -0.05) is 82.9 Å². The fourth-order valence-corrected chi connectivity index (χ4v) is 3.82. The average Bonchev–Trinajstić information content (AvgIpc) is 3.13.